The lowest BCUT2D eigenvalue weighted by Gasteiger charge is -2.25. The van der Waals surface area contributed by atoms with Gasteiger partial charge in [0.05, 0.1) is 6.04 Å². The molecule has 0 spiro atoms. The molecule has 0 bridgehead atoms. The smallest absolute Gasteiger partial charge is 0.270 e. The number of hydrogen-bond donors (Lipinski definition) is 1. The van der Waals surface area contributed by atoms with Gasteiger partial charge in [-0.2, -0.15) is 0 Å². The van der Waals surface area contributed by atoms with Crippen molar-refractivity contribution in [3.63, 3.8) is 0 Å². The summed E-state index contributed by atoms with van der Waals surface area (Å²) in [6.07, 6.45) is 0.785. The van der Waals surface area contributed by atoms with Crippen LogP contribution in [0.15, 0.2) is 42.5 Å². The Balaban J connectivity index is 1.69. The SMILES string of the molecule is Cc1cccc(C(=O)N[C@@H]2COc3ccccc3C2)n1. The molecule has 0 saturated carbocycles. The third-order valence-electron chi connectivity index (χ3n) is 3.34. The van der Waals surface area contributed by atoms with E-state index in [4.69, 9.17) is 4.74 Å². The monoisotopic (exact) mass is 268 g/mol. The third kappa shape index (κ3) is 2.64. The first-order valence-corrected chi connectivity index (χ1v) is 6.67. The van der Waals surface area contributed by atoms with Crippen LogP contribution in [-0.4, -0.2) is 23.5 Å². The molecule has 1 aromatic carbocycles. The largest absolute Gasteiger partial charge is 0.491 e. The fraction of sp³-hybridized carbons (Fsp3) is 0.250. The molecular weight excluding hydrogens is 252 g/mol. The molecule has 1 aliphatic rings. The summed E-state index contributed by atoms with van der Waals surface area (Å²) in [6, 6.07) is 13.3. The van der Waals surface area contributed by atoms with E-state index >= 15 is 0 Å². The molecule has 4 heteroatoms. The number of carbonyl (C=O) groups is 1. The molecule has 0 unspecified atom stereocenters. The maximum Gasteiger partial charge on any atom is 0.270 e. The Morgan fingerprint density at radius 2 is 2.10 bits per heavy atom. The minimum Gasteiger partial charge on any atom is -0.491 e. The number of fused-ring (bicyclic) bond motifs is 1. The summed E-state index contributed by atoms with van der Waals surface area (Å²) in [7, 11) is 0. The van der Waals surface area contributed by atoms with E-state index in [9.17, 15) is 4.79 Å². The number of carbonyl (C=O) groups excluding carboxylic acids is 1. The molecule has 1 aromatic heterocycles. The van der Waals surface area contributed by atoms with Gasteiger partial charge in [-0.05, 0) is 37.1 Å². The van der Waals surface area contributed by atoms with E-state index in [1.165, 1.54) is 0 Å². The van der Waals surface area contributed by atoms with Crippen molar-refractivity contribution in [3.8, 4) is 5.75 Å². The van der Waals surface area contributed by atoms with Crippen molar-refractivity contribution in [3.05, 3.63) is 59.4 Å². The average molecular weight is 268 g/mol. The first-order chi connectivity index (χ1) is 9.72. The molecule has 102 valence electrons. The van der Waals surface area contributed by atoms with Crippen LogP contribution in [0, 0.1) is 6.92 Å². The molecule has 0 saturated heterocycles. The molecule has 0 radical (unpaired) electrons. The normalized spacial score (nSPS) is 16.9. The van der Waals surface area contributed by atoms with Gasteiger partial charge in [0.1, 0.15) is 18.1 Å². The number of aromatic nitrogens is 1. The second kappa shape index (κ2) is 5.33. The zero-order valence-electron chi connectivity index (χ0n) is 11.3. The van der Waals surface area contributed by atoms with Crippen LogP contribution in [-0.2, 0) is 6.42 Å². The highest BCUT2D eigenvalue weighted by molar-refractivity contribution is 5.92. The number of benzene rings is 1. The van der Waals surface area contributed by atoms with Crippen LogP contribution in [0.2, 0.25) is 0 Å². The lowest BCUT2D eigenvalue weighted by Crippen LogP contribution is -2.43. The van der Waals surface area contributed by atoms with Gasteiger partial charge in [0.2, 0.25) is 0 Å². The van der Waals surface area contributed by atoms with Crippen LogP contribution in [0.3, 0.4) is 0 Å². The first-order valence-electron chi connectivity index (χ1n) is 6.67. The number of amides is 1. The second-order valence-electron chi connectivity index (χ2n) is 4.96. The van der Waals surface area contributed by atoms with Gasteiger partial charge in [0.15, 0.2) is 0 Å². The molecular formula is C16H16N2O2. The third-order valence-corrected chi connectivity index (χ3v) is 3.34. The quantitative estimate of drug-likeness (QED) is 0.907. The van der Waals surface area contributed by atoms with Crippen molar-refractivity contribution in [2.24, 2.45) is 0 Å². The van der Waals surface area contributed by atoms with Crippen LogP contribution in [0.5, 0.6) is 5.75 Å². The Kier molecular flexibility index (Phi) is 3.37. The summed E-state index contributed by atoms with van der Waals surface area (Å²) in [6.45, 7) is 2.37. The molecule has 20 heavy (non-hydrogen) atoms. The highest BCUT2D eigenvalue weighted by Crippen LogP contribution is 2.23. The van der Waals surface area contributed by atoms with Crippen LogP contribution in [0.1, 0.15) is 21.7 Å². The molecule has 2 heterocycles. The Morgan fingerprint density at radius 3 is 2.95 bits per heavy atom. The number of para-hydroxylation sites is 1. The number of aryl methyl sites for hydroxylation is 1. The zero-order chi connectivity index (χ0) is 13.9. The number of hydrogen-bond acceptors (Lipinski definition) is 3. The fourth-order valence-electron chi connectivity index (χ4n) is 2.35. The lowest BCUT2D eigenvalue weighted by atomic mass is 10.0. The molecule has 0 aliphatic carbocycles. The fourth-order valence-corrected chi connectivity index (χ4v) is 2.35. The first kappa shape index (κ1) is 12.7. The number of nitrogens with zero attached hydrogens (tertiary/aromatic N) is 1. The van der Waals surface area contributed by atoms with E-state index in [1.807, 2.05) is 43.3 Å². The van der Waals surface area contributed by atoms with E-state index in [1.54, 1.807) is 6.07 Å². The van der Waals surface area contributed by atoms with Gasteiger partial charge in [-0.15, -0.1) is 0 Å². The van der Waals surface area contributed by atoms with Crippen LogP contribution in [0.25, 0.3) is 0 Å². The Labute approximate surface area is 117 Å². The van der Waals surface area contributed by atoms with Gasteiger partial charge in [-0.3, -0.25) is 4.79 Å². The van der Waals surface area contributed by atoms with Gasteiger partial charge in [-0.25, -0.2) is 4.98 Å². The number of rotatable bonds is 2. The van der Waals surface area contributed by atoms with Crippen LogP contribution < -0.4 is 10.1 Å². The number of ether oxygens (including phenoxy) is 1. The Morgan fingerprint density at radius 1 is 1.25 bits per heavy atom. The second-order valence-corrected chi connectivity index (χ2v) is 4.96. The van der Waals surface area contributed by atoms with Gasteiger partial charge >= 0.3 is 0 Å². The van der Waals surface area contributed by atoms with Gasteiger partial charge < -0.3 is 10.1 Å². The van der Waals surface area contributed by atoms with E-state index < -0.39 is 0 Å². The van der Waals surface area contributed by atoms with Crippen molar-refractivity contribution in [1.82, 2.24) is 10.3 Å². The van der Waals surface area contributed by atoms with E-state index in [0.717, 1.165) is 23.4 Å². The highest BCUT2D eigenvalue weighted by Gasteiger charge is 2.21. The maximum atomic E-state index is 12.1. The van der Waals surface area contributed by atoms with Gasteiger partial charge in [0.25, 0.3) is 5.91 Å². The van der Waals surface area contributed by atoms with Gasteiger partial charge in [-0.1, -0.05) is 24.3 Å². The maximum absolute atomic E-state index is 12.1. The summed E-state index contributed by atoms with van der Waals surface area (Å²) >= 11 is 0. The van der Waals surface area contributed by atoms with Crippen molar-refractivity contribution < 1.29 is 9.53 Å². The standard InChI is InChI=1S/C16H16N2O2/c1-11-5-4-7-14(17-11)16(19)18-13-9-12-6-2-3-8-15(12)20-10-13/h2-8,13H,9-10H2,1H3,(H,18,19)/t13-/m0/s1. The molecule has 4 nitrogen and oxygen atoms in total. The Bertz CT molecular complexity index is 640. The highest BCUT2D eigenvalue weighted by atomic mass is 16.5. The Hall–Kier alpha value is -2.36. The van der Waals surface area contributed by atoms with Crippen LogP contribution in [0.4, 0.5) is 0 Å². The molecule has 0 fully saturated rings. The van der Waals surface area contributed by atoms with E-state index in [2.05, 4.69) is 10.3 Å². The summed E-state index contributed by atoms with van der Waals surface area (Å²) in [5.41, 5.74) is 2.41. The molecule has 1 N–H and O–H groups in total. The van der Waals surface area contributed by atoms with Crippen molar-refractivity contribution >= 4 is 5.91 Å². The van der Waals surface area contributed by atoms with Crippen molar-refractivity contribution in [1.29, 1.82) is 0 Å². The molecule has 3 rings (SSSR count). The van der Waals surface area contributed by atoms with Gasteiger partial charge in [0, 0.05) is 5.69 Å². The lowest BCUT2D eigenvalue weighted by molar-refractivity contribution is 0.0910. The molecule has 1 atom stereocenters. The zero-order valence-corrected chi connectivity index (χ0v) is 11.3. The minimum atomic E-state index is -0.151. The summed E-state index contributed by atoms with van der Waals surface area (Å²) in [4.78, 5) is 16.4. The van der Waals surface area contributed by atoms with E-state index in [0.29, 0.717) is 12.3 Å². The summed E-state index contributed by atoms with van der Waals surface area (Å²) in [5.74, 6) is 0.758. The molecule has 1 amide bonds. The average Bonchev–Trinajstić information content (AvgIpc) is 2.47. The topological polar surface area (TPSA) is 51.2 Å². The predicted octanol–water partition coefficient (Wildman–Crippen LogP) is 2.12. The van der Waals surface area contributed by atoms with E-state index in [-0.39, 0.29) is 11.9 Å². The minimum absolute atomic E-state index is 0.0142. The predicted molar refractivity (Wildman–Crippen MR) is 75.9 cm³/mol. The van der Waals surface area contributed by atoms with Crippen molar-refractivity contribution in [2.75, 3.05) is 6.61 Å². The van der Waals surface area contributed by atoms with Crippen LogP contribution >= 0.6 is 0 Å². The number of nitrogens with one attached hydrogen (secondary N) is 1. The molecule has 2 aromatic rings. The summed E-state index contributed by atoms with van der Waals surface area (Å²) < 4.78 is 5.66. The number of pyridine rings is 1. The van der Waals surface area contributed by atoms with Crippen molar-refractivity contribution in [2.45, 2.75) is 19.4 Å². The molecule has 1 aliphatic heterocycles. The summed E-state index contributed by atoms with van der Waals surface area (Å²) in [5, 5.41) is 2.98.